The molecule has 0 aliphatic carbocycles. The third-order valence-corrected chi connectivity index (χ3v) is 9.05. The summed E-state index contributed by atoms with van der Waals surface area (Å²) >= 11 is 0. The third kappa shape index (κ3) is 7.45. The smallest absolute Gasteiger partial charge is 0.226 e. The molecular weight excluding hydrogens is 805 g/mol. The number of benzene rings is 6. The van der Waals surface area contributed by atoms with Crippen LogP contribution in [0.2, 0.25) is 0 Å². The zero-order valence-corrected chi connectivity index (χ0v) is 30.2. The van der Waals surface area contributed by atoms with Crippen LogP contribution in [0, 0.1) is 87.3 Å². The SMILES string of the molecule is CN(C)c1ccccc1.C[N+](C)(c1ccc(Cc2ccccc2)c(-c2c(F)c(F)c(F)c(F)c2F)c1-c1c(F)c(F)c(F)c(F)c1F)c1c(F)c(F)c(F)c(F)c1F. The summed E-state index contributed by atoms with van der Waals surface area (Å²) in [5.41, 5.74) is -9.34. The van der Waals surface area contributed by atoms with E-state index >= 15 is 26.3 Å². The summed E-state index contributed by atoms with van der Waals surface area (Å²) in [4.78, 5) is 2.08. The van der Waals surface area contributed by atoms with E-state index in [0.29, 0.717) is 20.2 Å². The van der Waals surface area contributed by atoms with Gasteiger partial charge in [-0.2, -0.15) is 8.78 Å². The van der Waals surface area contributed by atoms with Crippen LogP contribution in [0.15, 0.2) is 72.8 Å². The van der Waals surface area contributed by atoms with Crippen molar-refractivity contribution in [3.05, 3.63) is 171 Å². The van der Waals surface area contributed by atoms with E-state index in [9.17, 15) is 39.5 Å². The highest BCUT2D eigenvalue weighted by molar-refractivity contribution is 5.95. The van der Waals surface area contributed by atoms with E-state index in [-0.39, 0.29) is 5.56 Å². The molecule has 0 saturated heterocycles. The summed E-state index contributed by atoms with van der Waals surface area (Å²) in [6.45, 7) is 0. The second-order valence-corrected chi connectivity index (χ2v) is 13.1. The van der Waals surface area contributed by atoms with Crippen molar-refractivity contribution < 1.29 is 65.9 Å². The highest BCUT2D eigenvalue weighted by Crippen LogP contribution is 2.51. The van der Waals surface area contributed by atoms with Gasteiger partial charge >= 0.3 is 0 Å². The van der Waals surface area contributed by atoms with Gasteiger partial charge in [0.25, 0.3) is 0 Å². The summed E-state index contributed by atoms with van der Waals surface area (Å²) in [6, 6.07) is 18.7. The standard InChI is InChI=1S/C33H15F15N.C8H11N/c1-49(2,33-31(47)29(45)28(44)30(46)32(33)48)13-9-8-12(10-11-6-4-3-5-7-11)14(16-18(34)22(38)26(42)23(39)19(16)35)15(13)17-20(36)24(40)27(43)25(41)21(17)37;1-9(2)8-6-4-3-5-7-8/h3-9H,10H2,1-2H3;3-7H,1-2H3/q+1;. The van der Waals surface area contributed by atoms with Gasteiger partial charge in [0.05, 0.1) is 30.8 Å². The molecule has 304 valence electrons. The van der Waals surface area contributed by atoms with Crippen LogP contribution in [0.25, 0.3) is 22.3 Å². The van der Waals surface area contributed by atoms with Gasteiger partial charge in [-0.05, 0) is 29.7 Å². The van der Waals surface area contributed by atoms with Gasteiger partial charge in [0.15, 0.2) is 46.5 Å². The Balaban J connectivity index is 0.000000627. The van der Waals surface area contributed by atoms with E-state index < -0.39 is 137 Å². The molecule has 0 spiro atoms. The number of quaternary nitrogens is 1. The Morgan fingerprint density at radius 3 is 1.10 bits per heavy atom. The Kier molecular flexibility index (Phi) is 12.3. The van der Waals surface area contributed by atoms with Crippen molar-refractivity contribution in [3.8, 4) is 22.3 Å². The first-order valence-electron chi connectivity index (χ1n) is 16.5. The molecule has 0 aromatic heterocycles. The molecule has 0 aliphatic rings. The Bertz CT molecular complexity index is 2450. The first-order valence-corrected chi connectivity index (χ1v) is 16.5. The van der Waals surface area contributed by atoms with E-state index in [1.54, 1.807) is 0 Å². The number of para-hydroxylation sites is 1. The molecule has 17 heteroatoms. The van der Waals surface area contributed by atoms with Crippen molar-refractivity contribution in [1.82, 2.24) is 4.48 Å². The first-order chi connectivity index (χ1) is 27.2. The molecule has 0 radical (unpaired) electrons. The quantitative estimate of drug-likeness (QED) is 0.0670. The van der Waals surface area contributed by atoms with E-state index in [1.165, 1.54) is 36.0 Å². The van der Waals surface area contributed by atoms with Crippen LogP contribution in [0.3, 0.4) is 0 Å². The van der Waals surface area contributed by atoms with Crippen LogP contribution in [0.4, 0.5) is 82.9 Å². The summed E-state index contributed by atoms with van der Waals surface area (Å²) in [6.07, 6.45) is -0.617. The average Bonchev–Trinajstić information content (AvgIpc) is 3.20. The summed E-state index contributed by atoms with van der Waals surface area (Å²) in [5, 5.41) is 0. The molecule has 6 aromatic carbocycles. The van der Waals surface area contributed by atoms with E-state index in [2.05, 4.69) is 17.0 Å². The molecule has 0 aliphatic heterocycles. The fraction of sp³-hybridized carbons (Fsp3) is 0.122. The number of hydrogen-bond acceptors (Lipinski definition) is 1. The molecule has 6 rings (SSSR count). The molecule has 0 fully saturated rings. The van der Waals surface area contributed by atoms with Crippen molar-refractivity contribution in [2.24, 2.45) is 0 Å². The normalized spacial score (nSPS) is 11.4. The second kappa shape index (κ2) is 16.5. The zero-order chi connectivity index (χ0) is 43.1. The fourth-order valence-corrected chi connectivity index (χ4v) is 6.18. The highest BCUT2D eigenvalue weighted by Gasteiger charge is 2.43. The lowest BCUT2D eigenvalue weighted by atomic mass is 9.84. The summed E-state index contributed by atoms with van der Waals surface area (Å²) < 4.78 is 221. The molecule has 0 heterocycles. The van der Waals surface area contributed by atoms with Gasteiger partial charge in [0, 0.05) is 31.4 Å². The van der Waals surface area contributed by atoms with Crippen LogP contribution < -0.4 is 9.38 Å². The first kappa shape index (κ1) is 43.2. The lowest BCUT2D eigenvalue weighted by Crippen LogP contribution is -2.38. The van der Waals surface area contributed by atoms with Crippen LogP contribution in [0.5, 0.6) is 0 Å². The second-order valence-electron chi connectivity index (χ2n) is 13.1. The van der Waals surface area contributed by atoms with Crippen molar-refractivity contribution in [2.45, 2.75) is 6.42 Å². The van der Waals surface area contributed by atoms with Gasteiger partial charge in [0.2, 0.25) is 46.4 Å². The molecule has 0 unspecified atom stereocenters. The number of nitrogens with zero attached hydrogens (tertiary/aromatic N) is 2. The molecule has 6 aromatic rings. The lowest BCUT2D eigenvalue weighted by molar-refractivity contribution is 0.359. The van der Waals surface area contributed by atoms with Gasteiger partial charge < -0.3 is 4.90 Å². The Labute approximate surface area is 320 Å². The number of hydrogen-bond donors (Lipinski definition) is 0. The van der Waals surface area contributed by atoms with Crippen molar-refractivity contribution in [2.75, 3.05) is 33.1 Å². The maximum atomic E-state index is 15.6. The molecule has 58 heavy (non-hydrogen) atoms. The van der Waals surface area contributed by atoms with Gasteiger partial charge in [-0.25, -0.2) is 57.1 Å². The van der Waals surface area contributed by atoms with Crippen LogP contribution in [0.1, 0.15) is 11.1 Å². The minimum absolute atomic E-state index is 0.178. The number of anilines is 1. The van der Waals surface area contributed by atoms with E-state index in [0.717, 1.165) is 6.07 Å². The van der Waals surface area contributed by atoms with E-state index in [4.69, 9.17) is 0 Å². The molecule has 0 atom stereocenters. The molecule has 0 bridgehead atoms. The molecule has 0 N–H and O–H groups in total. The largest absolute Gasteiger partial charge is 0.378 e. The molecular formula is C41H26F15N2+. The number of halogens is 15. The van der Waals surface area contributed by atoms with Crippen molar-refractivity contribution in [1.29, 1.82) is 0 Å². The Morgan fingerprint density at radius 1 is 0.379 bits per heavy atom. The van der Waals surface area contributed by atoms with Crippen LogP contribution >= 0.6 is 0 Å². The lowest BCUT2D eigenvalue weighted by Gasteiger charge is -2.33. The zero-order valence-electron chi connectivity index (χ0n) is 30.2. The Morgan fingerprint density at radius 2 is 0.724 bits per heavy atom. The highest BCUT2D eigenvalue weighted by atomic mass is 19.2. The van der Waals surface area contributed by atoms with Crippen LogP contribution in [-0.2, 0) is 6.42 Å². The number of rotatable bonds is 7. The molecule has 0 saturated carbocycles. The maximum Gasteiger partial charge on any atom is 0.226 e. The monoisotopic (exact) mass is 831 g/mol. The minimum atomic E-state index is -2.77. The predicted octanol–water partition coefficient (Wildman–Crippen LogP) is 12.3. The predicted molar refractivity (Wildman–Crippen MR) is 186 cm³/mol. The minimum Gasteiger partial charge on any atom is -0.378 e. The maximum absolute atomic E-state index is 15.6. The summed E-state index contributed by atoms with van der Waals surface area (Å²) in [5.74, 6) is -39.8. The van der Waals surface area contributed by atoms with Crippen molar-refractivity contribution in [3.63, 3.8) is 0 Å². The van der Waals surface area contributed by atoms with Gasteiger partial charge in [-0.1, -0.05) is 54.6 Å². The topological polar surface area (TPSA) is 3.24 Å². The summed E-state index contributed by atoms with van der Waals surface area (Å²) in [7, 11) is 5.25. The fourth-order valence-electron chi connectivity index (χ4n) is 6.18. The van der Waals surface area contributed by atoms with Crippen molar-refractivity contribution >= 4 is 17.1 Å². The van der Waals surface area contributed by atoms with E-state index in [1.807, 2.05) is 32.3 Å². The molecule has 2 nitrogen and oxygen atoms in total. The van der Waals surface area contributed by atoms with Gasteiger partial charge in [-0.3, -0.25) is 4.48 Å². The third-order valence-electron chi connectivity index (χ3n) is 9.05. The molecule has 0 amide bonds. The van der Waals surface area contributed by atoms with Gasteiger partial charge in [0.1, 0.15) is 5.69 Å². The Hall–Kier alpha value is -5.97. The van der Waals surface area contributed by atoms with Gasteiger partial charge in [-0.15, -0.1) is 0 Å². The van der Waals surface area contributed by atoms with Crippen LogP contribution in [-0.4, -0.2) is 28.2 Å². The average molecular weight is 832 g/mol.